The summed E-state index contributed by atoms with van der Waals surface area (Å²) in [5.41, 5.74) is 0.875. The van der Waals surface area contributed by atoms with Gasteiger partial charge in [-0.15, -0.1) is 0 Å². The first-order valence-corrected chi connectivity index (χ1v) is 9.51. The van der Waals surface area contributed by atoms with E-state index in [1.54, 1.807) is 36.6 Å². The minimum absolute atomic E-state index is 0.0378. The molecular weight excluding hydrogens is 404 g/mol. The van der Waals surface area contributed by atoms with Gasteiger partial charge in [-0.2, -0.15) is 0 Å². The maximum absolute atomic E-state index is 13.7. The molecule has 1 N–H and O–H groups in total. The Labute approximate surface area is 173 Å². The largest absolute Gasteiger partial charge is 0.488 e. The van der Waals surface area contributed by atoms with E-state index in [-0.39, 0.29) is 18.9 Å². The van der Waals surface area contributed by atoms with E-state index in [0.717, 1.165) is 11.3 Å². The van der Waals surface area contributed by atoms with Gasteiger partial charge in [0, 0.05) is 23.1 Å². The van der Waals surface area contributed by atoms with Gasteiger partial charge in [0.05, 0.1) is 12.8 Å². The Morgan fingerprint density at radius 1 is 1.07 bits per heavy atom. The summed E-state index contributed by atoms with van der Waals surface area (Å²) in [5, 5.41) is 11.5. The van der Waals surface area contributed by atoms with Crippen molar-refractivity contribution in [3.63, 3.8) is 0 Å². The molecule has 0 aliphatic rings. The average molecular weight is 424 g/mol. The zero-order valence-electron chi connectivity index (χ0n) is 15.0. The molecule has 148 valence electrons. The molecule has 1 aromatic heterocycles. The Balaban J connectivity index is 1.65. The molecule has 7 heteroatoms. The van der Waals surface area contributed by atoms with Crippen LogP contribution in [0.2, 0.25) is 10.0 Å². The molecule has 0 aliphatic heterocycles. The topological polar surface area (TPSA) is 45.8 Å². The first-order chi connectivity index (χ1) is 13.5. The lowest BCUT2D eigenvalue weighted by atomic mass is 10.2. The van der Waals surface area contributed by atoms with Crippen LogP contribution in [-0.2, 0) is 13.1 Å². The van der Waals surface area contributed by atoms with Crippen LogP contribution in [0.5, 0.6) is 5.75 Å². The Hall–Kier alpha value is -2.05. The fourth-order valence-corrected chi connectivity index (χ4v) is 3.27. The molecule has 0 radical (unpaired) electrons. The van der Waals surface area contributed by atoms with Gasteiger partial charge < -0.3 is 14.3 Å². The van der Waals surface area contributed by atoms with Crippen molar-refractivity contribution in [1.82, 2.24) is 4.90 Å². The lowest BCUT2D eigenvalue weighted by molar-refractivity contribution is 0.0592. The van der Waals surface area contributed by atoms with Crippen LogP contribution < -0.4 is 4.74 Å². The minimum Gasteiger partial charge on any atom is -0.488 e. The molecule has 4 nitrogen and oxygen atoms in total. The van der Waals surface area contributed by atoms with Gasteiger partial charge in [-0.1, -0.05) is 41.4 Å². The molecule has 0 fully saturated rings. The van der Waals surface area contributed by atoms with Crippen LogP contribution in [0, 0.1) is 5.82 Å². The zero-order chi connectivity index (χ0) is 19.9. The normalized spacial score (nSPS) is 12.3. The molecule has 28 heavy (non-hydrogen) atoms. The molecule has 0 aliphatic carbocycles. The summed E-state index contributed by atoms with van der Waals surface area (Å²) in [4.78, 5) is 1.98. The van der Waals surface area contributed by atoms with Crippen LogP contribution in [0.3, 0.4) is 0 Å². The molecule has 0 saturated carbocycles. The third-order valence-corrected chi connectivity index (χ3v) is 4.69. The predicted octanol–water partition coefficient (Wildman–Crippen LogP) is 5.17. The van der Waals surface area contributed by atoms with Gasteiger partial charge in [-0.05, 0) is 42.0 Å². The van der Waals surface area contributed by atoms with Crippen LogP contribution in [0.4, 0.5) is 4.39 Å². The molecule has 0 bridgehead atoms. The van der Waals surface area contributed by atoms with E-state index in [4.69, 9.17) is 32.4 Å². The summed E-state index contributed by atoms with van der Waals surface area (Å²) >= 11 is 12.3. The number of aliphatic hydroxyl groups is 1. The van der Waals surface area contributed by atoms with Crippen molar-refractivity contribution in [2.45, 2.75) is 19.2 Å². The van der Waals surface area contributed by atoms with E-state index in [9.17, 15) is 9.50 Å². The van der Waals surface area contributed by atoms with Crippen molar-refractivity contribution in [3.8, 4) is 5.75 Å². The van der Waals surface area contributed by atoms with E-state index >= 15 is 0 Å². The summed E-state index contributed by atoms with van der Waals surface area (Å²) in [6.45, 7) is 1.20. The summed E-state index contributed by atoms with van der Waals surface area (Å²) < 4.78 is 24.5. The second kappa shape index (κ2) is 9.94. The predicted molar refractivity (Wildman–Crippen MR) is 107 cm³/mol. The van der Waals surface area contributed by atoms with E-state index < -0.39 is 11.9 Å². The smallest absolute Gasteiger partial charge is 0.165 e. The van der Waals surface area contributed by atoms with E-state index in [1.165, 1.54) is 12.1 Å². The van der Waals surface area contributed by atoms with Crippen molar-refractivity contribution >= 4 is 23.2 Å². The van der Waals surface area contributed by atoms with E-state index in [0.29, 0.717) is 23.1 Å². The van der Waals surface area contributed by atoms with Gasteiger partial charge in [-0.25, -0.2) is 4.39 Å². The Morgan fingerprint density at radius 3 is 2.61 bits per heavy atom. The first-order valence-electron chi connectivity index (χ1n) is 8.75. The van der Waals surface area contributed by atoms with Gasteiger partial charge in [0.1, 0.15) is 18.5 Å². The van der Waals surface area contributed by atoms with Crippen LogP contribution >= 0.6 is 23.2 Å². The molecule has 0 spiro atoms. The maximum Gasteiger partial charge on any atom is 0.165 e. The lowest BCUT2D eigenvalue weighted by Gasteiger charge is -2.25. The summed E-state index contributed by atoms with van der Waals surface area (Å²) in [7, 11) is 0. The Kier molecular flexibility index (Phi) is 7.34. The number of benzene rings is 2. The molecule has 1 heterocycles. The van der Waals surface area contributed by atoms with Crippen molar-refractivity contribution in [3.05, 3.63) is 88.0 Å². The summed E-state index contributed by atoms with van der Waals surface area (Å²) in [5.74, 6) is 0.405. The van der Waals surface area contributed by atoms with Gasteiger partial charge in [-0.3, -0.25) is 4.90 Å². The molecule has 1 unspecified atom stereocenters. The SMILES string of the molecule is OC(COc1ccccc1F)CN(Cc1ccco1)Cc1ccc(Cl)cc1Cl. The number of nitrogens with zero attached hydrogens (tertiary/aromatic N) is 1. The number of hydrogen-bond acceptors (Lipinski definition) is 4. The van der Waals surface area contributed by atoms with E-state index in [2.05, 4.69) is 0 Å². The first kappa shape index (κ1) is 20.7. The monoisotopic (exact) mass is 423 g/mol. The highest BCUT2D eigenvalue weighted by molar-refractivity contribution is 6.35. The summed E-state index contributed by atoms with van der Waals surface area (Å²) in [6.07, 6.45) is 0.765. The highest BCUT2D eigenvalue weighted by atomic mass is 35.5. The van der Waals surface area contributed by atoms with Gasteiger partial charge in [0.2, 0.25) is 0 Å². The van der Waals surface area contributed by atoms with Crippen LogP contribution in [0.25, 0.3) is 0 Å². The highest BCUT2D eigenvalue weighted by Crippen LogP contribution is 2.23. The number of furan rings is 1. The second-order valence-electron chi connectivity index (χ2n) is 6.38. The number of halogens is 3. The zero-order valence-corrected chi connectivity index (χ0v) is 16.5. The molecule has 3 rings (SSSR count). The van der Waals surface area contributed by atoms with Crippen molar-refractivity contribution in [2.75, 3.05) is 13.2 Å². The molecule has 3 aromatic rings. The standard InChI is InChI=1S/C21H20Cl2FNO3/c22-16-8-7-15(19(23)10-16)11-25(13-18-4-3-9-27-18)12-17(26)14-28-21-6-2-1-5-20(21)24/h1-10,17,26H,11-14H2. The highest BCUT2D eigenvalue weighted by Gasteiger charge is 2.17. The quantitative estimate of drug-likeness (QED) is 0.515. The number of ether oxygens (including phenoxy) is 1. The van der Waals surface area contributed by atoms with Crippen LogP contribution in [0.1, 0.15) is 11.3 Å². The molecule has 1 atom stereocenters. The number of hydrogen-bond donors (Lipinski definition) is 1. The van der Waals surface area contributed by atoms with Crippen molar-refractivity contribution in [1.29, 1.82) is 0 Å². The maximum atomic E-state index is 13.7. The lowest BCUT2D eigenvalue weighted by Crippen LogP contribution is -2.35. The molecule has 2 aromatic carbocycles. The third-order valence-electron chi connectivity index (χ3n) is 4.11. The second-order valence-corrected chi connectivity index (χ2v) is 7.22. The van der Waals surface area contributed by atoms with Gasteiger partial charge >= 0.3 is 0 Å². The van der Waals surface area contributed by atoms with Crippen LogP contribution in [-0.4, -0.2) is 29.3 Å². The fraction of sp³-hybridized carbons (Fsp3) is 0.238. The fourth-order valence-electron chi connectivity index (χ4n) is 2.80. The number of rotatable bonds is 9. The third kappa shape index (κ3) is 5.97. The number of para-hydroxylation sites is 1. The Bertz CT molecular complexity index is 889. The Morgan fingerprint density at radius 2 is 1.89 bits per heavy atom. The van der Waals surface area contributed by atoms with Crippen molar-refractivity contribution in [2.24, 2.45) is 0 Å². The molecule has 0 saturated heterocycles. The van der Waals surface area contributed by atoms with Gasteiger partial charge in [0.15, 0.2) is 11.6 Å². The van der Waals surface area contributed by atoms with Gasteiger partial charge in [0.25, 0.3) is 0 Å². The summed E-state index contributed by atoms with van der Waals surface area (Å²) in [6, 6.07) is 15.1. The minimum atomic E-state index is -0.833. The van der Waals surface area contributed by atoms with Crippen molar-refractivity contribution < 1.29 is 18.7 Å². The average Bonchev–Trinajstić information content (AvgIpc) is 3.16. The number of aliphatic hydroxyl groups excluding tert-OH is 1. The molecule has 0 amide bonds. The van der Waals surface area contributed by atoms with Crippen LogP contribution in [0.15, 0.2) is 65.3 Å². The van der Waals surface area contributed by atoms with E-state index in [1.807, 2.05) is 17.0 Å². The molecular formula is C21H20Cl2FNO3.